The molecular formula is C20H21N5O5. The fourth-order valence-corrected chi connectivity index (χ4v) is 3.69. The van der Waals surface area contributed by atoms with E-state index in [9.17, 15) is 14.4 Å². The van der Waals surface area contributed by atoms with Gasteiger partial charge in [0, 0.05) is 18.4 Å². The van der Waals surface area contributed by atoms with Crippen LogP contribution in [0.3, 0.4) is 0 Å². The number of carboxylic acid groups (broad SMARTS) is 1. The molecule has 1 aromatic carbocycles. The number of hydrogen-bond donors (Lipinski definition) is 1. The predicted octanol–water partition coefficient (Wildman–Crippen LogP) is 0.908. The molecule has 0 atom stereocenters. The minimum absolute atomic E-state index is 0.183. The molecule has 10 nitrogen and oxygen atoms in total. The summed E-state index contributed by atoms with van der Waals surface area (Å²) in [6.45, 7) is 3.59. The van der Waals surface area contributed by atoms with Crippen LogP contribution in [0.25, 0.3) is 16.9 Å². The largest absolute Gasteiger partial charge is 0.497 e. The van der Waals surface area contributed by atoms with Gasteiger partial charge >= 0.3 is 11.7 Å². The summed E-state index contributed by atoms with van der Waals surface area (Å²) in [5, 5.41) is 9.10. The molecule has 0 saturated heterocycles. The number of benzene rings is 1. The molecule has 0 fully saturated rings. The number of hydrogen-bond acceptors (Lipinski definition) is 5. The predicted molar refractivity (Wildman–Crippen MR) is 109 cm³/mol. The first kappa shape index (κ1) is 19.5. The molecule has 0 unspecified atom stereocenters. The number of carboxylic acids is 1. The van der Waals surface area contributed by atoms with Gasteiger partial charge in [-0.25, -0.2) is 9.36 Å². The first-order chi connectivity index (χ1) is 14.2. The normalized spacial score (nSPS) is 11.5. The number of fused-ring (bicyclic) bond motifs is 3. The van der Waals surface area contributed by atoms with E-state index in [0.29, 0.717) is 16.9 Å². The molecule has 30 heavy (non-hydrogen) atoms. The van der Waals surface area contributed by atoms with Crippen LogP contribution in [0.4, 0.5) is 0 Å². The zero-order chi connectivity index (χ0) is 21.7. The third-order valence-corrected chi connectivity index (χ3v) is 5.42. The van der Waals surface area contributed by atoms with E-state index in [2.05, 4.69) is 4.98 Å². The maximum absolute atomic E-state index is 13.0. The van der Waals surface area contributed by atoms with Gasteiger partial charge in [-0.2, -0.15) is 4.98 Å². The number of nitrogens with zero attached hydrogens (tertiary/aromatic N) is 5. The highest BCUT2D eigenvalue weighted by Crippen LogP contribution is 2.22. The average molecular weight is 411 g/mol. The van der Waals surface area contributed by atoms with Gasteiger partial charge in [0.05, 0.1) is 13.7 Å². The molecule has 0 saturated carbocycles. The lowest BCUT2D eigenvalue weighted by Gasteiger charge is -2.08. The van der Waals surface area contributed by atoms with Crippen LogP contribution in [0, 0.1) is 13.8 Å². The molecule has 0 aliphatic rings. The Bertz CT molecular complexity index is 1420. The number of aromatic nitrogens is 5. The Kier molecular flexibility index (Phi) is 4.49. The van der Waals surface area contributed by atoms with Crippen molar-refractivity contribution in [3.05, 3.63) is 62.1 Å². The van der Waals surface area contributed by atoms with Crippen LogP contribution in [0.5, 0.6) is 5.75 Å². The van der Waals surface area contributed by atoms with Crippen molar-refractivity contribution in [3.63, 3.8) is 0 Å². The number of imidazole rings is 2. The Morgan fingerprint density at radius 1 is 1.10 bits per heavy atom. The highest BCUT2D eigenvalue weighted by Gasteiger charge is 2.23. The number of methoxy groups -OCH3 is 1. The van der Waals surface area contributed by atoms with Gasteiger partial charge in [0.1, 0.15) is 12.3 Å². The fraction of sp³-hybridized carbons (Fsp3) is 0.300. The average Bonchev–Trinajstić information content (AvgIpc) is 3.22. The van der Waals surface area contributed by atoms with Crippen molar-refractivity contribution in [3.8, 4) is 5.75 Å². The number of ether oxygens (including phenoxy) is 1. The standard InChI is InChI=1S/C20H21N5O5/c1-11-12(2)25-16-17(22(3)20(29)24(18(16)28)10-15(26)27)21-19(25)23(11)9-13-5-7-14(30-4)8-6-13/h5-8H,9-10H2,1-4H3,(H,26,27). The summed E-state index contributed by atoms with van der Waals surface area (Å²) < 4.78 is 10.8. The lowest BCUT2D eigenvalue weighted by Crippen LogP contribution is -2.41. The van der Waals surface area contributed by atoms with Gasteiger partial charge in [-0.3, -0.25) is 18.6 Å². The minimum atomic E-state index is -1.26. The van der Waals surface area contributed by atoms with Crippen LogP contribution >= 0.6 is 0 Å². The van der Waals surface area contributed by atoms with Crippen LogP contribution < -0.4 is 16.0 Å². The highest BCUT2D eigenvalue weighted by molar-refractivity contribution is 5.77. The molecule has 0 amide bonds. The Balaban J connectivity index is 1.99. The molecule has 4 rings (SSSR count). The van der Waals surface area contributed by atoms with Crippen LogP contribution in [0.15, 0.2) is 33.9 Å². The molecular weight excluding hydrogens is 390 g/mol. The summed E-state index contributed by atoms with van der Waals surface area (Å²) in [6.07, 6.45) is 0. The second kappa shape index (κ2) is 6.90. The van der Waals surface area contributed by atoms with Gasteiger partial charge in [0.25, 0.3) is 5.56 Å². The van der Waals surface area contributed by atoms with Crippen molar-refractivity contribution in [2.45, 2.75) is 26.9 Å². The van der Waals surface area contributed by atoms with Crippen LogP contribution in [-0.2, 0) is 24.9 Å². The number of aryl methyl sites for hydroxylation is 2. The van der Waals surface area contributed by atoms with E-state index in [1.165, 1.54) is 11.6 Å². The topological polar surface area (TPSA) is 113 Å². The van der Waals surface area contributed by atoms with Gasteiger partial charge in [-0.15, -0.1) is 0 Å². The summed E-state index contributed by atoms with van der Waals surface area (Å²) in [6, 6.07) is 7.63. The lowest BCUT2D eigenvalue weighted by atomic mass is 10.2. The number of aliphatic carboxylic acids is 1. The molecule has 3 heterocycles. The molecule has 10 heteroatoms. The molecule has 3 aromatic heterocycles. The van der Waals surface area contributed by atoms with E-state index in [1.54, 1.807) is 11.5 Å². The van der Waals surface area contributed by atoms with Crippen LogP contribution in [0.1, 0.15) is 17.0 Å². The maximum Gasteiger partial charge on any atom is 0.333 e. The van der Waals surface area contributed by atoms with E-state index >= 15 is 0 Å². The molecule has 0 aliphatic carbocycles. The van der Waals surface area contributed by atoms with Crippen molar-refractivity contribution < 1.29 is 14.6 Å². The number of rotatable bonds is 5. The van der Waals surface area contributed by atoms with Gasteiger partial charge in [-0.05, 0) is 31.5 Å². The van der Waals surface area contributed by atoms with E-state index in [0.717, 1.165) is 22.7 Å². The smallest absolute Gasteiger partial charge is 0.333 e. The fourth-order valence-electron chi connectivity index (χ4n) is 3.69. The maximum atomic E-state index is 13.0. The Hall–Kier alpha value is -3.82. The first-order valence-electron chi connectivity index (χ1n) is 9.27. The molecule has 156 valence electrons. The van der Waals surface area contributed by atoms with Crippen molar-refractivity contribution in [2.75, 3.05) is 7.11 Å². The van der Waals surface area contributed by atoms with Gasteiger partial charge in [0.15, 0.2) is 11.2 Å². The highest BCUT2D eigenvalue weighted by atomic mass is 16.5. The van der Waals surface area contributed by atoms with E-state index in [-0.39, 0.29) is 11.2 Å². The van der Waals surface area contributed by atoms with E-state index in [4.69, 9.17) is 9.84 Å². The molecule has 0 bridgehead atoms. The van der Waals surface area contributed by atoms with Crippen LogP contribution in [-0.4, -0.2) is 41.3 Å². The third-order valence-electron chi connectivity index (χ3n) is 5.42. The summed E-state index contributed by atoms with van der Waals surface area (Å²) in [5.74, 6) is 0.000108. The second-order valence-electron chi connectivity index (χ2n) is 7.15. The third kappa shape index (κ3) is 2.79. The van der Waals surface area contributed by atoms with Gasteiger partial charge in [0.2, 0.25) is 5.78 Å². The zero-order valence-corrected chi connectivity index (χ0v) is 17.0. The SMILES string of the molecule is COc1ccc(Cn2c(C)c(C)n3c4c(=O)n(CC(=O)O)c(=O)n(C)c4nc23)cc1. The first-order valence-corrected chi connectivity index (χ1v) is 9.27. The molecule has 0 radical (unpaired) electrons. The molecule has 1 N–H and O–H groups in total. The van der Waals surface area contributed by atoms with Gasteiger partial charge in [-0.1, -0.05) is 12.1 Å². The van der Waals surface area contributed by atoms with Crippen molar-refractivity contribution in [2.24, 2.45) is 7.05 Å². The number of carbonyl (C=O) groups is 1. The van der Waals surface area contributed by atoms with Gasteiger partial charge < -0.3 is 14.4 Å². The van der Waals surface area contributed by atoms with Crippen LogP contribution in [0.2, 0.25) is 0 Å². The Labute approximate surface area is 170 Å². The molecule has 0 aliphatic heterocycles. The van der Waals surface area contributed by atoms with E-state index in [1.807, 2.05) is 42.7 Å². The van der Waals surface area contributed by atoms with Crippen molar-refractivity contribution in [1.29, 1.82) is 0 Å². The Morgan fingerprint density at radius 2 is 1.77 bits per heavy atom. The Morgan fingerprint density at radius 3 is 2.37 bits per heavy atom. The summed E-state index contributed by atoms with van der Waals surface area (Å²) in [7, 11) is 3.08. The lowest BCUT2D eigenvalue weighted by molar-refractivity contribution is -0.137. The van der Waals surface area contributed by atoms with E-state index < -0.39 is 23.8 Å². The minimum Gasteiger partial charge on any atom is -0.497 e. The molecule has 0 spiro atoms. The molecule has 4 aromatic rings. The summed E-state index contributed by atoms with van der Waals surface area (Å²) in [4.78, 5) is 41.3. The monoisotopic (exact) mass is 411 g/mol. The van der Waals surface area contributed by atoms with Crippen molar-refractivity contribution in [1.82, 2.24) is 23.1 Å². The second-order valence-corrected chi connectivity index (χ2v) is 7.15. The summed E-state index contributed by atoms with van der Waals surface area (Å²) >= 11 is 0. The van der Waals surface area contributed by atoms with Crippen molar-refractivity contribution >= 4 is 22.9 Å². The quantitative estimate of drug-likeness (QED) is 0.522. The summed E-state index contributed by atoms with van der Waals surface area (Å²) in [5.41, 5.74) is 1.72. The zero-order valence-electron chi connectivity index (χ0n) is 17.0.